The van der Waals surface area contributed by atoms with Crippen LogP contribution < -0.4 is 4.90 Å². The molecular formula is C17H23N3O. The molecule has 2 heterocycles. The van der Waals surface area contributed by atoms with Crippen molar-refractivity contribution in [3.05, 3.63) is 23.4 Å². The molecule has 4 heteroatoms. The molecule has 0 bridgehead atoms. The Morgan fingerprint density at radius 1 is 1.24 bits per heavy atom. The summed E-state index contributed by atoms with van der Waals surface area (Å²) in [4.78, 5) is 6.90. The molecule has 3 rings (SSSR count). The zero-order valence-corrected chi connectivity index (χ0v) is 13.1. The predicted octanol–water partition coefficient (Wildman–Crippen LogP) is 3.19. The van der Waals surface area contributed by atoms with Gasteiger partial charge in [0.2, 0.25) is 0 Å². The van der Waals surface area contributed by atoms with E-state index in [4.69, 9.17) is 4.74 Å². The van der Waals surface area contributed by atoms with Gasteiger partial charge in [-0.05, 0) is 45.7 Å². The van der Waals surface area contributed by atoms with E-state index in [9.17, 15) is 5.26 Å². The fraction of sp³-hybridized carbons (Fsp3) is 0.647. The smallest absolute Gasteiger partial charge is 0.146 e. The summed E-state index contributed by atoms with van der Waals surface area (Å²) in [6.45, 7) is 7.88. The molecule has 2 aliphatic rings. The Bertz CT molecular complexity index is 582. The molecule has 0 aromatic carbocycles. The highest BCUT2D eigenvalue weighted by molar-refractivity contribution is 5.55. The SMILES string of the molecule is Cc1ccc(C#N)c(N2CC(C)(C)OC3(CCCC3)C2)n1. The number of morpholine rings is 1. The largest absolute Gasteiger partial charge is 0.365 e. The number of pyridine rings is 1. The van der Waals surface area contributed by atoms with Gasteiger partial charge in [-0.25, -0.2) is 4.98 Å². The monoisotopic (exact) mass is 285 g/mol. The van der Waals surface area contributed by atoms with Gasteiger partial charge in [0.1, 0.15) is 11.9 Å². The number of anilines is 1. The molecule has 112 valence electrons. The highest BCUT2D eigenvalue weighted by Gasteiger charge is 2.46. The minimum atomic E-state index is -0.208. The van der Waals surface area contributed by atoms with Crippen molar-refractivity contribution in [1.29, 1.82) is 5.26 Å². The first kappa shape index (κ1) is 14.3. The molecule has 1 aliphatic carbocycles. The second-order valence-corrected chi connectivity index (χ2v) is 7.04. The topological polar surface area (TPSA) is 49.2 Å². The van der Waals surface area contributed by atoms with Crippen LogP contribution >= 0.6 is 0 Å². The van der Waals surface area contributed by atoms with Crippen LogP contribution in [-0.4, -0.2) is 29.3 Å². The number of aryl methyl sites for hydroxylation is 1. The lowest BCUT2D eigenvalue weighted by molar-refractivity contribution is -0.148. The third-order valence-corrected chi connectivity index (χ3v) is 4.49. The van der Waals surface area contributed by atoms with E-state index in [0.29, 0.717) is 5.56 Å². The Hall–Kier alpha value is -1.60. The zero-order chi connectivity index (χ0) is 15.1. The molecule has 1 aromatic rings. The van der Waals surface area contributed by atoms with Crippen LogP contribution in [0, 0.1) is 18.3 Å². The number of nitriles is 1. The summed E-state index contributed by atoms with van der Waals surface area (Å²) in [6, 6.07) is 6.06. The van der Waals surface area contributed by atoms with Gasteiger partial charge in [0.25, 0.3) is 0 Å². The molecule has 1 aliphatic heterocycles. The van der Waals surface area contributed by atoms with Crippen LogP contribution in [0.3, 0.4) is 0 Å². The number of hydrogen-bond acceptors (Lipinski definition) is 4. The van der Waals surface area contributed by atoms with Gasteiger partial charge < -0.3 is 9.64 Å². The second kappa shape index (κ2) is 4.99. The Balaban J connectivity index is 1.98. The minimum Gasteiger partial charge on any atom is -0.365 e. The first-order valence-electron chi connectivity index (χ1n) is 7.76. The summed E-state index contributed by atoms with van der Waals surface area (Å²) < 4.78 is 6.43. The van der Waals surface area contributed by atoms with Gasteiger partial charge in [0.15, 0.2) is 0 Å². The van der Waals surface area contributed by atoms with Crippen molar-refractivity contribution in [3.63, 3.8) is 0 Å². The van der Waals surface area contributed by atoms with E-state index in [1.54, 1.807) is 0 Å². The summed E-state index contributed by atoms with van der Waals surface area (Å²) in [5.41, 5.74) is 1.35. The molecule has 21 heavy (non-hydrogen) atoms. The van der Waals surface area contributed by atoms with Gasteiger partial charge in [-0.15, -0.1) is 0 Å². The highest BCUT2D eigenvalue weighted by atomic mass is 16.5. The molecular weight excluding hydrogens is 262 g/mol. The summed E-state index contributed by atoms with van der Waals surface area (Å²) in [5, 5.41) is 9.38. The van der Waals surface area contributed by atoms with Gasteiger partial charge in [0.05, 0.1) is 16.8 Å². The molecule has 4 nitrogen and oxygen atoms in total. The molecule has 0 unspecified atom stereocenters. The van der Waals surface area contributed by atoms with Crippen LogP contribution in [0.15, 0.2) is 12.1 Å². The Morgan fingerprint density at radius 2 is 1.95 bits per heavy atom. The van der Waals surface area contributed by atoms with E-state index in [1.807, 2.05) is 19.1 Å². The van der Waals surface area contributed by atoms with E-state index in [0.717, 1.165) is 37.4 Å². The number of aromatic nitrogens is 1. The number of ether oxygens (including phenoxy) is 1. The molecule has 0 amide bonds. The van der Waals surface area contributed by atoms with Crippen molar-refractivity contribution in [2.45, 2.75) is 57.7 Å². The maximum absolute atomic E-state index is 9.38. The first-order chi connectivity index (χ1) is 9.93. The molecule has 2 fully saturated rings. The van der Waals surface area contributed by atoms with Crippen molar-refractivity contribution in [3.8, 4) is 6.07 Å². The third kappa shape index (κ3) is 2.75. The van der Waals surface area contributed by atoms with Crippen LogP contribution in [0.2, 0.25) is 0 Å². The van der Waals surface area contributed by atoms with Crippen LogP contribution in [0.5, 0.6) is 0 Å². The molecule has 1 saturated carbocycles. The number of rotatable bonds is 1. The van der Waals surface area contributed by atoms with Gasteiger partial charge in [0, 0.05) is 18.8 Å². The predicted molar refractivity (Wildman–Crippen MR) is 82.3 cm³/mol. The maximum atomic E-state index is 9.38. The Morgan fingerprint density at radius 3 is 2.62 bits per heavy atom. The van der Waals surface area contributed by atoms with Gasteiger partial charge in [-0.1, -0.05) is 12.8 Å². The molecule has 0 N–H and O–H groups in total. The Labute approximate surface area is 126 Å². The molecule has 1 spiro atoms. The van der Waals surface area contributed by atoms with Crippen LogP contribution in [0.4, 0.5) is 5.82 Å². The van der Waals surface area contributed by atoms with Gasteiger partial charge in [-0.2, -0.15) is 5.26 Å². The normalized spacial score (nSPS) is 23.2. The summed E-state index contributed by atoms with van der Waals surface area (Å²) in [7, 11) is 0. The third-order valence-electron chi connectivity index (χ3n) is 4.49. The molecule has 0 atom stereocenters. The fourth-order valence-electron chi connectivity index (χ4n) is 3.81. The van der Waals surface area contributed by atoms with Crippen molar-refractivity contribution in [1.82, 2.24) is 4.98 Å². The second-order valence-electron chi connectivity index (χ2n) is 7.04. The number of hydrogen-bond donors (Lipinski definition) is 0. The maximum Gasteiger partial charge on any atom is 0.146 e. The van der Waals surface area contributed by atoms with Crippen LogP contribution in [0.1, 0.15) is 50.8 Å². The standard InChI is InChI=1S/C17H23N3O/c1-13-6-7-14(10-18)15(19-13)20-11-16(2,3)21-17(12-20)8-4-5-9-17/h6-7H,4-5,8-9,11-12H2,1-3H3. The van der Waals surface area contributed by atoms with E-state index in [2.05, 4.69) is 29.8 Å². The quantitative estimate of drug-likeness (QED) is 0.795. The van der Waals surface area contributed by atoms with Crippen molar-refractivity contribution < 1.29 is 4.74 Å². The van der Waals surface area contributed by atoms with Gasteiger partial charge in [-0.3, -0.25) is 0 Å². The lowest BCUT2D eigenvalue weighted by Crippen LogP contribution is -2.59. The average Bonchev–Trinajstić information content (AvgIpc) is 2.84. The van der Waals surface area contributed by atoms with E-state index in [1.165, 1.54) is 12.8 Å². The van der Waals surface area contributed by atoms with E-state index in [-0.39, 0.29) is 11.2 Å². The summed E-state index contributed by atoms with van der Waals surface area (Å²) in [5.74, 6) is 0.820. The minimum absolute atomic E-state index is 0.0557. The lowest BCUT2D eigenvalue weighted by Gasteiger charge is -2.49. The molecule has 0 radical (unpaired) electrons. The summed E-state index contributed by atoms with van der Waals surface area (Å²) in [6.07, 6.45) is 4.69. The van der Waals surface area contributed by atoms with Crippen molar-refractivity contribution in [2.24, 2.45) is 0 Å². The average molecular weight is 285 g/mol. The summed E-state index contributed by atoms with van der Waals surface area (Å²) >= 11 is 0. The Kier molecular flexibility index (Phi) is 3.41. The van der Waals surface area contributed by atoms with Crippen LogP contribution in [-0.2, 0) is 4.74 Å². The fourth-order valence-corrected chi connectivity index (χ4v) is 3.81. The zero-order valence-electron chi connectivity index (χ0n) is 13.1. The molecule has 1 aromatic heterocycles. The highest BCUT2D eigenvalue weighted by Crippen LogP contribution is 2.42. The van der Waals surface area contributed by atoms with Gasteiger partial charge >= 0.3 is 0 Å². The van der Waals surface area contributed by atoms with Crippen molar-refractivity contribution >= 4 is 5.82 Å². The lowest BCUT2D eigenvalue weighted by atomic mass is 9.94. The van der Waals surface area contributed by atoms with E-state index < -0.39 is 0 Å². The van der Waals surface area contributed by atoms with Crippen LogP contribution in [0.25, 0.3) is 0 Å². The molecule has 1 saturated heterocycles. The first-order valence-corrected chi connectivity index (χ1v) is 7.76. The number of nitrogens with zero attached hydrogens (tertiary/aromatic N) is 3. The van der Waals surface area contributed by atoms with Crippen molar-refractivity contribution in [2.75, 3.05) is 18.0 Å². The van der Waals surface area contributed by atoms with E-state index >= 15 is 0 Å².